The molecule has 1 amide bonds. The van der Waals surface area contributed by atoms with Gasteiger partial charge in [-0.1, -0.05) is 6.92 Å². The number of thiophene rings is 1. The maximum absolute atomic E-state index is 12.2. The van der Waals surface area contributed by atoms with E-state index in [1.807, 2.05) is 20.8 Å². The second-order valence-corrected chi connectivity index (χ2v) is 5.76. The Bertz CT molecular complexity index is 641. The molecule has 0 bridgehead atoms. The molecule has 0 aliphatic carbocycles. The molecule has 114 valence electrons. The summed E-state index contributed by atoms with van der Waals surface area (Å²) in [5, 5.41) is 16.4. The second kappa shape index (κ2) is 6.82. The topological polar surface area (TPSA) is 87.1 Å². The number of nitrogens with zero attached hydrogens (tertiary/aromatic N) is 2. The summed E-state index contributed by atoms with van der Waals surface area (Å²) in [7, 11) is 0. The first-order chi connectivity index (χ1) is 10.1. The Morgan fingerprint density at radius 2 is 2.19 bits per heavy atom. The van der Waals surface area contributed by atoms with Crippen molar-refractivity contribution in [2.24, 2.45) is 0 Å². The van der Waals surface area contributed by atoms with Gasteiger partial charge in [-0.2, -0.15) is 0 Å². The van der Waals surface area contributed by atoms with Gasteiger partial charge in [-0.3, -0.25) is 4.79 Å². The maximum atomic E-state index is 12.2. The van der Waals surface area contributed by atoms with Crippen LogP contribution in [-0.4, -0.2) is 40.2 Å². The average Bonchev–Trinajstić information content (AvgIpc) is 2.83. The molecule has 0 fully saturated rings. The number of aryl methyl sites for hydroxylation is 1. The molecule has 6 nitrogen and oxygen atoms in total. The number of aliphatic hydroxyl groups excluding tert-OH is 1. The van der Waals surface area contributed by atoms with Crippen molar-refractivity contribution >= 4 is 33.3 Å². The highest BCUT2D eigenvalue weighted by Crippen LogP contribution is 2.33. The Morgan fingerprint density at radius 3 is 2.86 bits per heavy atom. The monoisotopic (exact) mass is 308 g/mol. The van der Waals surface area contributed by atoms with Crippen molar-refractivity contribution in [1.29, 1.82) is 0 Å². The summed E-state index contributed by atoms with van der Waals surface area (Å²) in [6, 6.07) is 0. The van der Waals surface area contributed by atoms with E-state index < -0.39 is 6.10 Å². The number of aromatic nitrogens is 2. The Hall–Kier alpha value is -1.73. The maximum Gasteiger partial charge on any atom is 0.261 e. The van der Waals surface area contributed by atoms with E-state index in [4.69, 9.17) is 0 Å². The average molecular weight is 308 g/mol. The molecule has 0 aliphatic rings. The van der Waals surface area contributed by atoms with Crippen LogP contribution in [0.2, 0.25) is 0 Å². The van der Waals surface area contributed by atoms with Gasteiger partial charge in [0, 0.05) is 13.1 Å². The fraction of sp³-hybridized carbons (Fsp3) is 0.500. The minimum Gasteiger partial charge on any atom is -0.391 e. The Labute approximate surface area is 127 Å². The molecule has 2 aromatic rings. The van der Waals surface area contributed by atoms with E-state index in [2.05, 4.69) is 20.6 Å². The van der Waals surface area contributed by atoms with E-state index in [0.29, 0.717) is 11.3 Å². The Balaban J connectivity index is 2.31. The highest BCUT2D eigenvalue weighted by molar-refractivity contribution is 7.20. The number of carbonyl (C=O) groups is 1. The zero-order valence-electron chi connectivity index (χ0n) is 12.4. The van der Waals surface area contributed by atoms with Crippen molar-refractivity contribution in [3.8, 4) is 0 Å². The predicted molar refractivity (Wildman–Crippen MR) is 84.9 cm³/mol. The standard InChI is InChI=1S/C14H20N4O2S/c1-4-9(19)6-16-13(20)11-8(3)10-12(15-5-2)17-7-18-14(10)21-11/h7,9,19H,4-6H2,1-3H3,(H,16,20)(H,15,17,18)/t9-/m0/s1. The third kappa shape index (κ3) is 3.30. The summed E-state index contributed by atoms with van der Waals surface area (Å²) in [6.45, 7) is 6.78. The number of rotatable bonds is 6. The molecule has 2 aromatic heterocycles. The molecule has 0 unspecified atom stereocenters. The SMILES string of the molecule is CCNc1ncnc2sc(C(=O)NC[C@@H](O)CC)c(C)c12. The van der Waals surface area contributed by atoms with Crippen molar-refractivity contribution in [1.82, 2.24) is 15.3 Å². The van der Waals surface area contributed by atoms with Crippen LogP contribution in [0, 0.1) is 6.92 Å². The van der Waals surface area contributed by atoms with Crippen molar-refractivity contribution in [2.75, 3.05) is 18.4 Å². The van der Waals surface area contributed by atoms with Crippen LogP contribution in [0.3, 0.4) is 0 Å². The van der Waals surface area contributed by atoms with Gasteiger partial charge in [0.05, 0.1) is 16.4 Å². The van der Waals surface area contributed by atoms with Gasteiger partial charge in [0.15, 0.2) is 0 Å². The number of fused-ring (bicyclic) bond motifs is 1. The molecule has 0 aliphatic heterocycles. The van der Waals surface area contributed by atoms with Crippen LogP contribution in [0.5, 0.6) is 0 Å². The van der Waals surface area contributed by atoms with E-state index in [0.717, 1.165) is 28.1 Å². The highest BCUT2D eigenvalue weighted by atomic mass is 32.1. The summed E-state index contributed by atoms with van der Waals surface area (Å²) in [5.41, 5.74) is 0.870. The van der Waals surface area contributed by atoms with Gasteiger partial charge < -0.3 is 15.7 Å². The lowest BCUT2D eigenvalue weighted by atomic mass is 10.2. The van der Waals surface area contributed by atoms with Gasteiger partial charge in [-0.25, -0.2) is 9.97 Å². The van der Waals surface area contributed by atoms with Crippen LogP contribution < -0.4 is 10.6 Å². The van der Waals surface area contributed by atoms with Crippen molar-refractivity contribution in [2.45, 2.75) is 33.3 Å². The first-order valence-corrected chi connectivity index (χ1v) is 7.84. The van der Waals surface area contributed by atoms with E-state index in [1.165, 1.54) is 17.7 Å². The molecule has 21 heavy (non-hydrogen) atoms. The predicted octanol–water partition coefficient (Wildman–Crippen LogP) is 1.93. The molecule has 0 radical (unpaired) electrons. The molecule has 2 heterocycles. The van der Waals surface area contributed by atoms with Gasteiger partial charge in [0.2, 0.25) is 0 Å². The molecular formula is C14H20N4O2S. The van der Waals surface area contributed by atoms with Crippen molar-refractivity contribution in [3.05, 3.63) is 16.8 Å². The number of aliphatic hydroxyl groups is 1. The summed E-state index contributed by atoms with van der Waals surface area (Å²) in [6.07, 6.45) is 1.60. The van der Waals surface area contributed by atoms with Crippen LogP contribution in [0.4, 0.5) is 5.82 Å². The summed E-state index contributed by atoms with van der Waals surface area (Å²) < 4.78 is 0. The molecule has 0 saturated heterocycles. The Morgan fingerprint density at radius 1 is 1.43 bits per heavy atom. The van der Waals surface area contributed by atoms with E-state index in [1.54, 1.807) is 0 Å². The van der Waals surface area contributed by atoms with Crippen LogP contribution in [0.15, 0.2) is 6.33 Å². The lowest BCUT2D eigenvalue weighted by Crippen LogP contribution is -2.31. The summed E-state index contributed by atoms with van der Waals surface area (Å²) in [4.78, 5) is 22.1. The number of carbonyl (C=O) groups excluding carboxylic acids is 1. The summed E-state index contributed by atoms with van der Waals surface area (Å²) >= 11 is 1.35. The minimum atomic E-state index is -0.513. The number of nitrogens with one attached hydrogen (secondary N) is 2. The van der Waals surface area contributed by atoms with Crippen LogP contribution >= 0.6 is 11.3 Å². The molecule has 0 saturated carbocycles. The first-order valence-electron chi connectivity index (χ1n) is 7.02. The smallest absolute Gasteiger partial charge is 0.261 e. The van der Waals surface area contributed by atoms with Gasteiger partial charge >= 0.3 is 0 Å². The molecule has 3 N–H and O–H groups in total. The van der Waals surface area contributed by atoms with E-state index >= 15 is 0 Å². The fourth-order valence-corrected chi connectivity index (χ4v) is 3.09. The lowest BCUT2D eigenvalue weighted by Gasteiger charge is -2.09. The number of hydrogen-bond acceptors (Lipinski definition) is 6. The highest BCUT2D eigenvalue weighted by Gasteiger charge is 2.19. The van der Waals surface area contributed by atoms with Crippen LogP contribution in [0.1, 0.15) is 35.5 Å². The largest absolute Gasteiger partial charge is 0.391 e. The Kier molecular flexibility index (Phi) is 5.08. The lowest BCUT2D eigenvalue weighted by molar-refractivity contribution is 0.0917. The number of amides is 1. The molecule has 0 aromatic carbocycles. The van der Waals surface area contributed by atoms with Crippen LogP contribution in [-0.2, 0) is 0 Å². The zero-order valence-corrected chi connectivity index (χ0v) is 13.3. The van der Waals surface area contributed by atoms with E-state index in [-0.39, 0.29) is 12.5 Å². The zero-order chi connectivity index (χ0) is 15.4. The third-order valence-corrected chi connectivity index (χ3v) is 4.45. The quantitative estimate of drug-likeness (QED) is 0.759. The summed E-state index contributed by atoms with van der Waals surface area (Å²) in [5.74, 6) is 0.578. The van der Waals surface area contributed by atoms with Crippen molar-refractivity contribution < 1.29 is 9.90 Å². The minimum absolute atomic E-state index is 0.176. The molecule has 0 spiro atoms. The van der Waals surface area contributed by atoms with Gasteiger partial charge in [0.1, 0.15) is 17.0 Å². The van der Waals surface area contributed by atoms with Crippen LogP contribution in [0.25, 0.3) is 10.2 Å². The van der Waals surface area contributed by atoms with Gasteiger partial charge in [0.25, 0.3) is 5.91 Å². The molecular weight excluding hydrogens is 288 g/mol. The normalized spacial score (nSPS) is 12.4. The number of anilines is 1. The molecule has 7 heteroatoms. The van der Waals surface area contributed by atoms with Crippen molar-refractivity contribution in [3.63, 3.8) is 0 Å². The fourth-order valence-electron chi connectivity index (χ4n) is 2.02. The first kappa shape index (κ1) is 15.7. The third-order valence-electron chi connectivity index (χ3n) is 3.25. The van der Waals surface area contributed by atoms with Gasteiger partial charge in [-0.15, -0.1) is 11.3 Å². The number of hydrogen-bond donors (Lipinski definition) is 3. The molecule has 2 rings (SSSR count). The molecule has 1 atom stereocenters. The van der Waals surface area contributed by atoms with E-state index in [9.17, 15) is 9.90 Å². The van der Waals surface area contributed by atoms with Gasteiger partial charge in [-0.05, 0) is 25.8 Å². The second-order valence-electron chi connectivity index (χ2n) is 4.76.